The number of hydrogen-bond acceptors (Lipinski definition) is 4. The third-order valence-electron chi connectivity index (χ3n) is 4.93. The highest BCUT2D eigenvalue weighted by Crippen LogP contribution is 2.19. The number of anilines is 1. The van der Waals surface area contributed by atoms with Crippen LogP contribution in [0.1, 0.15) is 35.7 Å². The van der Waals surface area contributed by atoms with Crippen LogP contribution in [-0.4, -0.2) is 48.8 Å². The summed E-state index contributed by atoms with van der Waals surface area (Å²) in [6.07, 6.45) is 2.11. The van der Waals surface area contributed by atoms with Gasteiger partial charge in [-0.1, -0.05) is 12.1 Å². The molecule has 2 amide bonds. The van der Waals surface area contributed by atoms with E-state index < -0.39 is 0 Å². The van der Waals surface area contributed by atoms with Gasteiger partial charge in [-0.05, 0) is 49.2 Å². The second-order valence-corrected chi connectivity index (χ2v) is 7.01. The van der Waals surface area contributed by atoms with Gasteiger partial charge in [-0.25, -0.2) is 0 Å². The molecule has 152 valence electrons. The number of ether oxygens (including phenoxy) is 1. The molecule has 2 aromatic rings. The predicted molar refractivity (Wildman–Crippen MR) is 113 cm³/mol. The Morgan fingerprint density at radius 1 is 1.10 bits per heavy atom. The SMILES string of the molecule is CC(=O)N(CCOc1cccc(C(=N)N)c1)c1ccc(C(=O)N2CCCC2)cc1. The second-order valence-electron chi connectivity index (χ2n) is 7.01. The molecule has 1 heterocycles. The summed E-state index contributed by atoms with van der Waals surface area (Å²) in [5.41, 5.74) is 7.44. The van der Waals surface area contributed by atoms with Gasteiger partial charge >= 0.3 is 0 Å². The average Bonchev–Trinajstić information content (AvgIpc) is 3.26. The number of nitrogen functional groups attached to an aromatic ring is 1. The molecule has 29 heavy (non-hydrogen) atoms. The van der Waals surface area contributed by atoms with Crippen molar-refractivity contribution in [2.75, 3.05) is 31.1 Å². The molecule has 0 bridgehead atoms. The van der Waals surface area contributed by atoms with Crippen LogP contribution >= 0.6 is 0 Å². The van der Waals surface area contributed by atoms with E-state index in [9.17, 15) is 9.59 Å². The molecule has 0 aliphatic carbocycles. The number of carbonyl (C=O) groups excluding carboxylic acids is 2. The quantitative estimate of drug-likeness (QED) is 0.557. The zero-order valence-electron chi connectivity index (χ0n) is 16.6. The van der Waals surface area contributed by atoms with E-state index in [1.54, 1.807) is 53.4 Å². The van der Waals surface area contributed by atoms with Crippen molar-refractivity contribution in [3.05, 3.63) is 59.7 Å². The van der Waals surface area contributed by atoms with E-state index in [-0.39, 0.29) is 24.3 Å². The molecule has 1 fully saturated rings. The van der Waals surface area contributed by atoms with Crippen molar-refractivity contribution in [1.82, 2.24) is 4.90 Å². The first kappa shape index (κ1) is 20.4. The maximum Gasteiger partial charge on any atom is 0.253 e. The summed E-state index contributed by atoms with van der Waals surface area (Å²) in [5.74, 6) is 0.499. The van der Waals surface area contributed by atoms with Crippen molar-refractivity contribution < 1.29 is 14.3 Å². The molecule has 0 unspecified atom stereocenters. The highest BCUT2D eigenvalue weighted by Gasteiger charge is 2.20. The zero-order chi connectivity index (χ0) is 20.8. The van der Waals surface area contributed by atoms with Crippen LogP contribution in [0.3, 0.4) is 0 Å². The maximum absolute atomic E-state index is 12.5. The van der Waals surface area contributed by atoms with Crippen molar-refractivity contribution in [2.45, 2.75) is 19.8 Å². The summed E-state index contributed by atoms with van der Waals surface area (Å²) in [7, 11) is 0. The Kier molecular flexibility index (Phi) is 6.49. The third-order valence-corrected chi connectivity index (χ3v) is 4.93. The van der Waals surface area contributed by atoms with Gasteiger partial charge in [0.15, 0.2) is 0 Å². The number of nitrogens with zero attached hydrogens (tertiary/aromatic N) is 2. The minimum Gasteiger partial charge on any atom is -0.492 e. The van der Waals surface area contributed by atoms with Gasteiger partial charge in [0, 0.05) is 36.8 Å². The fraction of sp³-hybridized carbons (Fsp3) is 0.318. The molecule has 1 saturated heterocycles. The first-order valence-electron chi connectivity index (χ1n) is 9.70. The normalized spacial score (nSPS) is 13.2. The van der Waals surface area contributed by atoms with Crippen LogP contribution in [0.5, 0.6) is 5.75 Å². The predicted octanol–water partition coefficient (Wildman–Crippen LogP) is 2.64. The third kappa shape index (κ3) is 5.13. The highest BCUT2D eigenvalue weighted by atomic mass is 16.5. The molecule has 3 N–H and O–H groups in total. The lowest BCUT2D eigenvalue weighted by Crippen LogP contribution is -2.33. The number of likely N-dealkylation sites (tertiary alicyclic amines) is 1. The van der Waals surface area contributed by atoms with Gasteiger partial charge in [-0.3, -0.25) is 15.0 Å². The van der Waals surface area contributed by atoms with E-state index in [1.807, 2.05) is 4.90 Å². The van der Waals surface area contributed by atoms with E-state index >= 15 is 0 Å². The average molecular weight is 394 g/mol. The topological polar surface area (TPSA) is 99.7 Å². The molecule has 1 aliphatic heterocycles. The maximum atomic E-state index is 12.5. The molecule has 0 aromatic heterocycles. The minimum absolute atomic E-state index is 0.0237. The fourth-order valence-corrected chi connectivity index (χ4v) is 3.36. The van der Waals surface area contributed by atoms with Crippen LogP contribution in [0.15, 0.2) is 48.5 Å². The summed E-state index contributed by atoms with van der Waals surface area (Å²) in [4.78, 5) is 28.0. The molecule has 7 heteroatoms. The Morgan fingerprint density at radius 3 is 2.41 bits per heavy atom. The molecular formula is C22H26N4O3. The lowest BCUT2D eigenvalue weighted by molar-refractivity contribution is -0.116. The first-order valence-corrected chi connectivity index (χ1v) is 9.70. The molecule has 0 radical (unpaired) electrons. The van der Waals surface area contributed by atoms with E-state index in [2.05, 4.69) is 0 Å². The highest BCUT2D eigenvalue weighted by molar-refractivity contribution is 5.96. The Hall–Kier alpha value is -3.35. The summed E-state index contributed by atoms with van der Waals surface area (Å²) < 4.78 is 5.72. The number of rotatable bonds is 7. The summed E-state index contributed by atoms with van der Waals surface area (Å²) in [6.45, 7) is 3.76. The molecule has 0 spiro atoms. The van der Waals surface area contributed by atoms with Crippen LogP contribution in [-0.2, 0) is 4.79 Å². The van der Waals surface area contributed by atoms with Crippen molar-refractivity contribution in [2.24, 2.45) is 5.73 Å². The summed E-state index contributed by atoms with van der Waals surface area (Å²) >= 11 is 0. The molecule has 2 aromatic carbocycles. The van der Waals surface area contributed by atoms with Gasteiger partial charge in [0.1, 0.15) is 18.2 Å². The number of nitrogens with two attached hydrogens (primary N) is 1. The van der Waals surface area contributed by atoms with Crippen molar-refractivity contribution in [3.63, 3.8) is 0 Å². The number of carbonyl (C=O) groups is 2. The zero-order valence-corrected chi connectivity index (χ0v) is 16.6. The van der Waals surface area contributed by atoms with Gasteiger partial charge in [-0.2, -0.15) is 0 Å². The fourth-order valence-electron chi connectivity index (χ4n) is 3.36. The molecule has 3 rings (SSSR count). The van der Waals surface area contributed by atoms with Gasteiger partial charge in [-0.15, -0.1) is 0 Å². The Morgan fingerprint density at radius 2 is 1.79 bits per heavy atom. The summed E-state index contributed by atoms with van der Waals surface area (Å²) in [6, 6.07) is 14.1. The number of amides is 2. The lowest BCUT2D eigenvalue weighted by atomic mass is 10.1. The van der Waals surface area contributed by atoms with Crippen molar-refractivity contribution in [1.29, 1.82) is 5.41 Å². The molecule has 0 atom stereocenters. The van der Waals surface area contributed by atoms with Crippen LogP contribution in [0.4, 0.5) is 5.69 Å². The smallest absolute Gasteiger partial charge is 0.253 e. The number of nitrogens with one attached hydrogen (secondary N) is 1. The van der Waals surface area contributed by atoms with E-state index in [1.165, 1.54) is 6.92 Å². The largest absolute Gasteiger partial charge is 0.492 e. The van der Waals surface area contributed by atoms with Gasteiger partial charge < -0.3 is 20.3 Å². The van der Waals surface area contributed by atoms with Crippen LogP contribution in [0, 0.1) is 5.41 Å². The molecule has 7 nitrogen and oxygen atoms in total. The number of hydrogen-bond donors (Lipinski definition) is 2. The lowest BCUT2D eigenvalue weighted by Gasteiger charge is -2.22. The molecule has 1 aliphatic rings. The Bertz CT molecular complexity index is 889. The number of amidine groups is 1. The van der Waals surface area contributed by atoms with Crippen molar-refractivity contribution in [3.8, 4) is 5.75 Å². The van der Waals surface area contributed by atoms with Crippen LogP contribution in [0.25, 0.3) is 0 Å². The minimum atomic E-state index is -0.107. The van der Waals surface area contributed by atoms with E-state index in [0.717, 1.165) is 31.6 Å². The Balaban J connectivity index is 1.62. The van der Waals surface area contributed by atoms with Gasteiger partial charge in [0.25, 0.3) is 5.91 Å². The molecular weight excluding hydrogens is 368 g/mol. The van der Waals surface area contributed by atoms with E-state index in [0.29, 0.717) is 23.4 Å². The van der Waals surface area contributed by atoms with Gasteiger partial charge in [0.05, 0.1) is 6.54 Å². The monoisotopic (exact) mass is 394 g/mol. The van der Waals surface area contributed by atoms with Crippen molar-refractivity contribution >= 4 is 23.3 Å². The van der Waals surface area contributed by atoms with E-state index in [4.69, 9.17) is 15.9 Å². The Labute approximate surface area is 170 Å². The van der Waals surface area contributed by atoms with Crippen LogP contribution in [0.2, 0.25) is 0 Å². The first-order chi connectivity index (χ1) is 14.0. The number of benzene rings is 2. The summed E-state index contributed by atoms with van der Waals surface area (Å²) in [5, 5.41) is 7.49. The molecule has 0 saturated carbocycles. The standard InChI is InChI=1S/C22H26N4O3/c1-16(27)26(13-14-29-20-6-4-5-18(15-20)21(23)24)19-9-7-17(8-10-19)22(28)25-11-2-3-12-25/h4-10,15H,2-3,11-14H2,1H3,(H3,23,24). The van der Waals surface area contributed by atoms with Gasteiger partial charge in [0.2, 0.25) is 5.91 Å². The van der Waals surface area contributed by atoms with Crippen LogP contribution < -0.4 is 15.4 Å². The second kappa shape index (κ2) is 9.23.